The predicted octanol–water partition coefficient (Wildman–Crippen LogP) is -0.308. The lowest BCUT2D eigenvalue weighted by Crippen LogP contribution is -2.46. The fourth-order valence-electron chi connectivity index (χ4n) is 1.51. The molecule has 0 saturated carbocycles. The third kappa shape index (κ3) is 2.42. The molecule has 0 amide bonds. The standard InChI is InChI=1S/C13H12N2O2/c1-2-10-12(16)15-11(13(17)14-10)8-9-6-4-3-5-7-9/h2-8H,1H3,(H,14,17)(H,15,16)/b10-2-,11-8-. The van der Waals surface area contributed by atoms with Crippen molar-refractivity contribution in [2.24, 2.45) is 0 Å². The van der Waals surface area contributed by atoms with Crippen LogP contribution in [0.4, 0.5) is 0 Å². The van der Waals surface area contributed by atoms with E-state index >= 15 is 0 Å². The van der Waals surface area contributed by atoms with Crippen LogP contribution in [0.2, 0.25) is 0 Å². The number of aromatic nitrogens is 2. The molecule has 0 aliphatic rings. The van der Waals surface area contributed by atoms with Crippen LogP contribution in [-0.4, -0.2) is 9.97 Å². The molecule has 0 aliphatic carbocycles. The smallest absolute Gasteiger partial charge is 0.272 e. The van der Waals surface area contributed by atoms with E-state index in [9.17, 15) is 9.59 Å². The molecular weight excluding hydrogens is 216 g/mol. The molecule has 0 bridgehead atoms. The molecule has 2 rings (SSSR count). The highest BCUT2D eigenvalue weighted by Gasteiger charge is 1.94. The molecule has 2 N–H and O–H groups in total. The number of rotatable bonds is 1. The molecule has 1 heterocycles. The monoisotopic (exact) mass is 228 g/mol. The maximum absolute atomic E-state index is 11.7. The van der Waals surface area contributed by atoms with Gasteiger partial charge in [-0.2, -0.15) is 0 Å². The van der Waals surface area contributed by atoms with Crippen LogP contribution >= 0.6 is 0 Å². The van der Waals surface area contributed by atoms with E-state index in [1.54, 1.807) is 19.1 Å². The van der Waals surface area contributed by atoms with Crippen LogP contribution < -0.4 is 21.8 Å². The van der Waals surface area contributed by atoms with E-state index < -0.39 is 0 Å². The number of hydrogen-bond acceptors (Lipinski definition) is 2. The van der Waals surface area contributed by atoms with Gasteiger partial charge in [-0.25, -0.2) is 0 Å². The van der Waals surface area contributed by atoms with Gasteiger partial charge in [-0.3, -0.25) is 9.59 Å². The zero-order valence-corrected chi connectivity index (χ0v) is 9.36. The summed E-state index contributed by atoms with van der Waals surface area (Å²) in [5, 5.41) is 0.534. The van der Waals surface area contributed by atoms with Crippen LogP contribution in [0, 0.1) is 0 Å². The van der Waals surface area contributed by atoms with Gasteiger partial charge in [0.05, 0.1) is 0 Å². The van der Waals surface area contributed by atoms with Gasteiger partial charge in [0.25, 0.3) is 11.1 Å². The first-order valence-electron chi connectivity index (χ1n) is 5.26. The number of aromatic amines is 2. The molecule has 2 aromatic rings. The molecule has 86 valence electrons. The Kier molecular flexibility index (Phi) is 3.05. The van der Waals surface area contributed by atoms with E-state index in [0.717, 1.165) is 5.56 Å². The summed E-state index contributed by atoms with van der Waals surface area (Å²) in [5.41, 5.74) is 0.262. The zero-order valence-electron chi connectivity index (χ0n) is 9.36. The Bertz CT molecular complexity index is 739. The van der Waals surface area contributed by atoms with Crippen LogP contribution in [0.1, 0.15) is 12.5 Å². The minimum atomic E-state index is -0.304. The summed E-state index contributed by atoms with van der Waals surface area (Å²) in [7, 11) is 0. The summed E-state index contributed by atoms with van der Waals surface area (Å²) in [5.74, 6) is 0. The Morgan fingerprint density at radius 1 is 0.941 bits per heavy atom. The molecule has 4 heteroatoms. The highest BCUT2D eigenvalue weighted by Crippen LogP contribution is 1.96. The lowest BCUT2D eigenvalue weighted by atomic mass is 10.2. The average Bonchev–Trinajstić information content (AvgIpc) is 2.34. The van der Waals surface area contributed by atoms with Crippen molar-refractivity contribution in [1.29, 1.82) is 0 Å². The van der Waals surface area contributed by atoms with Crippen LogP contribution in [0.25, 0.3) is 12.2 Å². The van der Waals surface area contributed by atoms with E-state index in [1.165, 1.54) is 0 Å². The molecule has 0 unspecified atom stereocenters. The molecule has 1 aromatic carbocycles. The van der Waals surface area contributed by atoms with Gasteiger partial charge in [0.1, 0.15) is 10.7 Å². The van der Waals surface area contributed by atoms with Gasteiger partial charge in [-0.15, -0.1) is 0 Å². The van der Waals surface area contributed by atoms with Crippen molar-refractivity contribution in [1.82, 2.24) is 9.97 Å². The second-order valence-corrected chi connectivity index (χ2v) is 3.58. The van der Waals surface area contributed by atoms with Gasteiger partial charge in [0.2, 0.25) is 0 Å². The predicted molar refractivity (Wildman–Crippen MR) is 67.1 cm³/mol. The molecule has 1 aromatic heterocycles. The maximum atomic E-state index is 11.7. The third-order valence-corrected chi connectivity index (χ3v) is 2.38. The second-order valence-electron chi connectivity index (χ2n) is 3.58. The quantitative estimate of drug-likeness (QED) is 0.703. The number of H-pyrrole nitrogens is 2. The minimum absolute atomic E-state index is 0.256. The van der Waals surface area contributed by atoms with Gasteiger partial charge in [-0.05, 0) is 18.6 Å². The normalized spacial score (nSPS) is 13.0. The van der Waals surface area contributed by atoms with Crippen molar-refractivity contribution in [2.45, 2.75) is 6.92 Å². The third-order valence-electron chi connectivity index (χ3n) is 2.38. The van der Waals surface area contributed by atoms with Crippen LogP contribution in [-0.2, 0) is 0 Å². The minimum Gasteiger partial charge on any atom is -0.316 e. The summed E-state index contributed by atoms with van der Waals surface area (Å²) < 4.78 is 0. The molecule has 0 radical (unpaired) electrons. The molecule has 0 atom stereocenters. The zero-order chi connectivity index (χ0) is 12.3. The van der Waals surface area contributed by atoms with Crippen molar-refractivity contribution in [3.63, 3.8) is 0 Å². The van der Waals surface area contributed by atoms with E-state index in [2.05, 4.69) is 9.97 Å². The summed E-state index contributed by atoms with van der Waals surface area (Å²) >= 11 is 0. The van der Waals surface area contributed by atoms with Gasteiger partial charge in [0.15, 0.2) is 0 Å². The van der Waals surface area contributed by atoms with Gasteiger partial charge < -0.3 is 9.97 Å². The van der Waals surface area contributed by atoms with E-state index in [4.69, 9.17) is 0 Å². The van der Waals surface area contributed by atoms with Crippen molar-refractivity contribution < 1.29 is 0 Å². The summed E-state index contributed by atoms with van der Waals surface area (Å²) in [6.07, 6.45) is 3.20. The Balaban J connectivity index is 2.71. The first-order valence-corrected chi connectivity index (χ1v) is 5.26. The van der Waals surface area contributed by atoms with Gasteiger partial charge in [-0.1, -0.05) is 36.4 Å². The Morgan fingerprint density at radius 2 is 1.53 bits per heavy atom. The van der Waals surface area contributed by atoms with Crippen molar-refractivity contribution in [2.75, 3.05) is 0 Å². The van der Waals surface area contributed by atoms with E-state index in [0.29, 0.717) is 0 Å². The number of nitrogens with one attached hydrogen (secondary N) is 2. The first-order chi connectivity index (χ1) is 8.20. The molecular formula is C13H12N2O2. The number of benzene rings is 1. The first kappa shape index (κ1) is 11.1. The highest BCUT2D eigenvalue weighted by molar-refractivity contribution is 5.47. The average molecular weight is 228 g/mol. The van der Waals surface area contributed by atoms with E-state index in [-0.39, 0.29) is 21.8 Å². The Labute approximate surface area is 97.0 Å². The molecule has 0 fully saturated rings. The summed E-state index contributed by atoms with van der Waals surface area (Å²) in [6.45, 7) is 1.70. The fourth-order valence-corrected chi connectivity index (χ4v) is 1.51. The molecule has 4 nitrogen and oxygen atoms in total. The Morgan fingerprint density at radius 3 is 2.18 bits per heavy atom. The lowest BCUT2D eigenvalue weighted by Gasteiger charge is -1.91. The number of hydrogen-bond donors (Lipinski definition) is 2. The lowest BCUT2D eigenvalue weighted by molar-refractivity contribution is 1.00. The molecule has 17 heavy (non-hydrogen) atoms. The van der Waals surface area contributed by atoms with Gasteiger partial charge in [0, 0.05) is 0 Å². The maximum Gasteiger partial charge on any atom is 0.272 e. The second kappa shape index (κ2) is 4.65. The van der Waals surface area contributed by atoms with Crippen LogP contribution in [0.15, 0.2) is 39.9 Å². The van der Waals surface area contributed by atoms with E-state index in [1.807, 2.05) is 30.3 Å². The molecule has 0 spiro atoms. The van der Waals surface area contributed by atoms with Crippen LogP contribution in [0.3, 0.4) is 0 Å². The highest BCUT2D eigenvalue weighted by atomic mass is 16.1. The summed E-state index contributed by atoms with van der Waals surface area (Å²) in [4.78, 5) is 28.3. The van der Waals surface area contributed by atoms with Crippen molar-refractivity contribution in [3.05, 3.63) is 67.3 Å². The molecule has 0 aliphatic heterocycles. The SMILES string of the molecule is C/C=c1\[nH]c(=O)/c(=C/c2ccccc2)[nH]c1=O. The fraction of sp³-hybridized carbons (Fsp3) is 0.0769. The topological polar surface area (TPSA) is 65.7 Å². The van der Waals surface area contributed by atoms with Crippen molar-refractivity contribution >= 4 is 12.2 Å². The molecule has 0 saturated heterocycles. The largest absolute Gasteiger partial charge is 0.316 e. The van der Waals surface area contributed by atoms with Crippen LogP contribution in [0.5, 0.6) is 0 Å². The van der Waals surface area contributed by atoms with Gasteiger partial charge >= 0.3 is 0 Å². The summed E-state index contributed by atoms with van der Waals surface area (Å²) in [6, 6.07) is 9.34. The Hall–Kier alpha value is -2.36. The van der Waals surface area contributed by atoms with Crippen molar-refractivity contribution in [3.8, 4) is 0 Å².